The molecule has 0 unspecified atom stereocenters. The van der Waals surface area contributed by atoms with Crippen molar-refractivity contribution in [3.63, 3.8) is 0 Å². The van der Waals surface area contributed by atoms with Gasteiger partial charge in [0.1, 0.15) is 5.75 Å². The Kier molecular flexibility index (Phi) is 6.13. The molecule has 8 heteroatoms. The van der Waals surface area contributed by atoms with Gasteiger partial charge in [0.25, 0.3) is 11.8 Å². The second-order valence-corrected chi connectivity index (χ2v) is 7.51. The molecule has 3 aromatic rings. The van der Waals surface area contributed by atoms with Crippen LogP contribution in [0.5, 0.6) is 5.75 Å². The van der Waals surface area contributed by atoms with Crippen LogP contribution in [-0.2, 0) is 0 Å². The maximum Gasteiger partial charge on any atom is 0.289 e. The summed E-state index contributed by atoms with van der Waals surface area (Å²) in [5, 5.41) is 3.25. The predicted octanol–water partition coefficient (Wildman–Crippen LogP) is 4.16. The Balaban J connectivity index is 1.34. The molecule has 2 aromatic carbocycles. The SMILES string of the molecule is COc1ccc(C(=O)Nc2ccc(N3CCN(C(=O)c4ccco4)CC3)cc2)cc1Cl. The number of methoxy groups -OCH3 is 1. The van der Waals surface area contributed by atoms with E-state index in [2.05, 4.69) is 10.2 Å². The van der Waals surface area contributed by atoms with Crippen LogP contribution in [0.25, 0.3) is 0 Å². The van der Waals surface area contributed by atoms with Gasteiger partial charge in [-0.15, -0.1) is 0 Å². The summed E-state index contributed by atoms with van der Waals surface area (Å²) in [4.78, 5) is 28.9. The Hall–Kier alpha value is -3.45. The van der Waals surface area contributed by atoms with Gasteiger partial charge in [0.15, 0.2) is 5.76 Å². The number of benzene rings is 2. The fourth-order valence-electron chi connectivity index (χ4n) is 3.49. The van der Waals surface area contributed by atoms with E-state index < -0.39 is 0 Å². The summed E-state index contributed by atoms with van der Waals surface area (Å²) in [6, 6.07) is 15.9. The molecule has 7 nitrogen and oxygen atoms in total. The van der Waals surface area contributed by atoms with E-state index in [1.807, 2.05) is 24.3 Å². The predicted molar refractivity (Wildman–Crippen MR) is 119 cm³/mol. The molecule has 1 fully saturated rings. The number of halogens is 1. The lowest BCUT2D eigenvalue weighted by atomic mass is 10.2. The lowest BCUT2D eigenvalue weighted by Gasteiger charge is -2.35. The standard InChI is InChI=1S/C23H22ClN3O4/c1-30-20-9-4-16(15-19(20)24)22(28)25-17-5-7-18(8-6-17)26-10-12-27(13-11-26)23(29)21-3-2-14-31-21/h2-9,14-15H,10-13H2,1H3,(H,25,28). The van der Waals surface area contributed by atoms with Gasteiger partial charge >= 0.3 is 0 Å². The van der Waals surface area contributed by atoms with Crippen LogP contribution in [0.3, 0.4) is 0 Å². The average Bonchev–Trinajstić information content (AvgIpc) is 3.34. The maximum atomic E-state index is 12.5. The first-order chi connectivity index (χ1) is 15.0. The van der Waals surface area contributed by atoms with Crippen molar-refractivity contribution in [2.24, 2.45) is 0 Å². The van der Waals surface area contributed by atoms with Crippen LogP contribution < -0.4 is 15.0 Å². The number of piperazine rings is 1. The number of rotatable bonds is 5. The van der Waals surface area contributed by atoms with E-state index >= 15 is 0 Å². The summed E-state index contributed by atoms with van der Waals surface area (Å²) in [7, 11) is 1.53. The van der Waals surface area contributed by atoms with Crippen LogP contribution >= 0.6 is 11.6 Å². The second-order valence-electron chi connectivity index (χ2n) is 7.11. The third-order valence-corrected chi connectivity index (χ3v) is 5.50. The van der Waals surface area contributed by atoms with Crippen molar-refractivity contribution >= 4 is 34.8 Å². The monoisotopic (exact) mass is 439 g/mol. The molecule has 4 rings (SSSR count). The minimum atomic E-state index is -0.248. The largest absolute Gasteiger partial charge is 0.495 e. The molecule has 2 amide bonds. The zero-order chi connectivity index (χ0) is 21.8. The van der Waals surface area contributed by atoms with Gasteiger partial charge in [-0.05, 0) is 54.6 Å². The fraction of sp³-hybridized carbons (Fsp3) is 0.217. The van der Waals surface area contributed by atoms with Gasteiger partial charge in [0.2, 0.25) is 0 Å². The number of hydrogen-bond acceptors (Lipinski definition) is 5. The lowest BCUT2D eigenvalue weighted by Crippen LogP contribution is -2.48. The van der Waals surface area contributed by atoms with E-state index in [1.54, 1.807) is 35.2 Å². The van der Waals surface area contributed by atoms with Crippen LogP contribution in [0.1, 0.15) is 20.9 Å². The third kappa shape index (κ3) is 4.67. The molecule has 0 spiro atoms. The Morgan fingerprint density at radius 1 is 1.03 bits per heavy atom. The highest BCUT2D eigenvalue weighted by atomic mass is 35.5. The molecule has 1 N–H and O–H groups in total. The molecule has 0 atom stereocenters. The fourth-order valence-corrected chi connectivity index (χ4v) is 3.75. The van der Waals surface area contributed by atoms with Gasteiger partial charge in [-0.2, -0.15) is 0 Å². The summed E-state index contributed by atoms with van der Waals surface area (Å²) in [5.74, 6) is 0.559. The number of nitrogens with one attached hydrogen (secondary N) is 1. The molecule has 2 heterocycles. The molecule has 160 valence electrons. The lowest BCUT2D eigenvalue weighted by molar-refractivity contribution is 0.0714. The normalized spacial score (nSPS) is 13.7. The molecule has 1 aliphatic heterocycles. The van der Waals surface area contributed by atoms with Crippen LogP contribution in [0.15, 0.2) is 65.3 Å². The molecule has 0 radical (unpaired) electrons. The minimum absolute atomic E-state index is 0.0821. The zero-order valence-corrected chi connectivity index (χ0v) is 17.8. The van der Waals surface area contributed by atoms with Crippen molar-refractivity contribution in [1.29, 1.82) is 0 Å². The van der Waals surface area contributed by atoms with Gasteiger partial charge in [0.05, 0.1) is 18.4 Å². The number of ether oxygens (including phenoxy) is 1. The molecule has 0 aliphatic carbocycles. The van der Waals surface area contributed by atoms with E-state index in [4.69, 9.17) is 20.8 Å². The number of carbonyl (C=O) groups is 2. The zero-order valence-electron chi connectivity index (χ0n) is 17.0. The summed E-state index contributed by atoms with van der Waals surface area (Å²) >= 11 is 6.10. The molecular formula is C23H22ClN3O4. The highest BCUT2D eigenvalue weighted by Crippen LogP contribution is 2.26. The van der Waals surface area contributed by atoms with Crippen LogP contribution in [0.4, 0.5) is 11.4 Å². The Morgan fingerprint density at radius 3 is 2.39 bits per heavy atom. The van der Waals surface area contributed by atoms with Crippen LogP contribution in [0, 0.1) is 0 Å². The topological polar surface area (TPSA) is 75.0 Å². The maximum absolute atomic E-state index is 12.5. The molecular weight excluding hydrogens is 418 g/mol. The van der Waals surface area contributed by atoms with Crippen molar-refractivity contribution in [3.05, 3.63) is 77.2 Å². The Labute approximate surface area is 185 Å². The van der Waals surface area contributed by atoms with Gasteiger partial charge in [-0.3, -0.25) is 9.59 Å². The number of hydrogen-bond donors (Lipinski definition) is 1. The molecule has 1 aliphatic rings. The molecule has 1 saturated heterocycles. The van der Waals surface area contributed by atoms with Gasteiger partial charge < -0.3 is 24.3 Å². The molecule has 0 bridgehead atoms. The summed E-state index contributed by atoms with van der Waals surface area (Å²) in [6.07, 6.45) is 1.51. The van der Waals surface area contributed by atoms with E-state index in [9.17, 15) is 9.59 Å². The summed E-state index contributed by atoms with van der Waals surface area (Å²) in [6.45, 7) is 2.69. The first-order valence-electron chi connectivity index (χ1n) is 9.88. The van der Waals surface area contributed by atoms with Gasteiger partial charge in [0, 0.05) is 43.1 Å². The Bertz CT molecular complexity index is 1060. The number of amides is 2. The molecule has 31 heavy (non-hydrogen) atoms. The first-order valence-corrected chi connectivity index (χ1v) is 10.3. The Morgan fingerprint density at radius 2 is 1.77 bits per heavy atom. The third-order valence-electron chi connectivity index (χ3n) is 5.20. The summed E-state index contributed by atoms with van der Waals surface area (Å²) < 4.78 is 10.3. The van der Waals surface area contributed by atoms with Crippen molar-refractivity contribution in [2.75, 3.05) is 43.5 Å². The van der Waals surface area contributed by atoms with Crippen molar-refractivity contribution < 1.29 is 18.7 Å². The highest BCUT2D eigenvalue weighted by molar-refractivity contribution is 6.32. The average molecular weight is 440 g/mol. The minimum Gasteiger partial charge on any atom is -0.495 e. The van der Waals surface area contributed by atoms with Crippen LogP contribution in [-0.4, -0.2) is 50.0 Å². The van der Waals surface area contributed by atoms with Crippen molar-refractivity contribution in [1.82, 2.24) is 4.90 Å². The number of nitrogens with zero attached hydrogens (tertiary/aromatic N) is 2. The van der Waals surface area contributed by atoms with E-state index in [-0.39, 0.29) is 11.8 Å². The molecule has 1 aromatic heterocycles. The number of furan rings is 1. The van der Waals surface area contributed by atoms with Crippen LogP contribution in [0.2, 0.25) is 5.02 Å². The number of anilines is 2. The van der Waals surface area contributed by atoms with Crippen molar-refractivity contribution in [2.45, 2.75) is 0 Å². The number of carbonyl (C=O) groups excluding carboxylic acids is 2. The van der Waals surface area contributed by atoms with Crippen molar-refractivity contribution in [3.8, 4) is 5.75 Å². The summed E-state index contributed by atoms with van der Waals surface area (Å²) in [5.41, 5.74) is 2.18. The van der Waals surface area contributed by atoms with Gasteiger partial charge in [-0.25, -0.2) is 0 Å². The first kappa shape index (κ1) is 20.8. The highest BCUT2D eigenvalue weighted by Gasteiger charge is 2.23. The smallest absolute Gasteiger partial charge is 0.289 e. The quantitative estimate of drug-likeness (QED) is 0.646. The molecule has 0 saturated carbocycles. The van der Waals surface area contributed by atoms with E-state index in [1.165, 1.54) is 13.4 Å². The van der Waals surface area contributed by atoms with E-state index in [0.29, 0.717) is 40.9 Å². The van der Waals surface area contributed by atoms with Gasteiger partial charge in [-0.1, -0.05) is 11.6 Å². The second kappa shape index (κ2) is 9.14. The van der Waals surface area contributed by atoms with E-state index in [0.717, 1.165) is 18.8 Å².